The molecule has 1 aliphatic rings. The largest absolute Gasteiger partial charge is 0.378 e. The molecule has 112 valence electrons. The lowest BCUT2D eigenvalue weighted by atomic mass is 10.0. The highest BCUT2D eigenvalue weighted by molar-refractivity contribution is 7.89. The van der Waals surface area contributed by atoms with E-state index < -0.39 is 16.1 Å². The number of amides is 1. The van der Waals surface area contributed by atoms with Crippen LogP contribution < -0.4 is 4.72 Å². The molecule has 1 heterocycles. The Balaban J connectivity index is 2.74. The summed E-state index contributed by atoms with van der Waals surface area (Å²) in [7, 11) is -3.39. The second kappa shape index (κ2) is 7.21. The molecule has 1 amide bonds. The van der Waals surface area contributed by atoms with Crippen molar-refractivity contribution in [1.82, 2.24) is 9.62 Å². The number of nitrogens with zero attached hydrogens (tertiary/aromatic N) is 1. The molecule has 6 nitrogen and oxygen atoms in total. The van der Waals surface area contributed by atoms with Crippen molar-refractivity contribution in [3.05, 3.63) is 0 Å². The molecule has 0 bridgehead atoms. The van der Waals surface area contributed by atoms with E-state index in [1.165, 1.54) is 0 Å². The summed E-state index contributed by atoms with van der Waals surface area (Å²) in [6.07, 6.45) is 0.534. The summed E-state index contributed by atoms with van der Waals surface area (Å²) in [5.41, 5.74) is 0. The summed E-state index contributed by atoms with van der Waals surface area (Å²) in [6, 6.07) is -0.686. The molecule has 0 aromatic carbocycles. The van der Waals surface area contributed by atoms with Crippen LogP contribution in [0.5, 0.6) is 0 Å². The van der Waals surface area contributed by atoms with Gasteiger partial charge in [-0.1, -0.05) is 20.8 Å². The van der Waals surface area contributed by atoms with Gasteiger partial charge in [0.2, 0.25) is 15.9 Å². The summed E-state index contributed by atoms with van der Waals surface area (Å²) >= 11 is 0. The van der Waals surface area contributed by atoms with Crippen LogP contribution in [0.1, 0.15) is 27.2 Å². The predicted molar refractivity (Wildman–Crippen MR) is 73.2 cm³/mol. The molecular formula is C12H24N2O4S. The summed E-state index contributed by atoms with van der Waals surface area (Å²) < 4.78 is 31.4. The maximum absolute atomic E-state index is 12.4. The van der Waals surface area contributed by atoms with Gasteiger partial charge in [-0.05, 0) is 12.3 Å². The normalized spacial score (nSPS) is 18.6. The van der Waals surface area contributed by atoms with Gasteiger partial charge >= 0.3 is 0 Å². The van der Waals surface area contributed by atoms with E-state index in [1.54, 1.807) is 11.8 Å². The second-order valence-electron chi connectivity index (χ2n) is 5.10. The third-order valence-electron chi connectivity index (χ3n) is 3.03. The van der Waals surface area contributed by atoms with Crippen molar-refractivity contribution in [2.24, 2.45) is 5.92 Å². The fourth-order valence-electron chi connectivity index (χ4n) is 1.97. The van der Waals surface area contributed by atoms with Crippen LogP contribution in [0, 0.1) is 5.92 Å². The Morgan fingerprint density at radius 3 is 2.37 bits per heavy atom. The lowest BCUT2D eigenvalue weighted by Gasteiger charge is -2.32. The Bertz CT molecular complexity index is 389. The minimum absolute atomic E-state index is 0.0482. The number of ether oxygens (including phenoxy) is 1. The molecule has 0 aromatic rings. The molecule has 0 spiro atoms. The lowest BCUT2D eigenvalue weighted by Crippen LogP contribution is -2.54. The molecule has 1 aliphatic heterocycles. The highest BCUT2D eigenvalue weighted by Crippen LogP contribution is 2.10. The number of hydrogen-bond donors (Lipinski definition) is 1. The van der Waals surface area contributed by atoms with Crippen molar-refractivity contribution in [3.8, 4) is 0 Å². The van der Waals surface area contributed by atoms with Gasteiger partial charge in [-0.3, -0.25) is 4.79 Å². The molecule has 0 radical (unpaired) electrons. The zero-order valence-electron chi connectivity index (χ0n) is 11.9. The molecule has 1 rings (SSSR count). The average molecular weight is 292 g/mol. The molecule has 0 aliphatic carbocycles. The Hall–Kier alpha value is -0.660. The van der Waals surface area contributed by atoms with Crippen LogP contribution in [-0.2, 0) is 19.6 Å². The number of carbonyl (C=O) groups is 1. The van der Waals surface area contributed by atoms with Crippen LogP contribution in [0.15, 0.2) is 0 Å². The van der Waals surface area contributed by atoms with Crippen molar-refractivity contribution in [1.29, 1.82) is 0 Å². The van der Waals surface area contributed by atoms with E-state index in [1.807, 2.05) is 13.8 Å². The molecule has 0 saturated carbocycles. The number of sulfonamides is 1. The minimum Gasteiger partial charge on any atom is -0.378 e. The molecule has 1 fully saturated rings. The summed E-state index contributed by atoms with van der Waals surface area (Å²) in [5, 5.41) is 0. The van der Waals surface area contributed by atoms with E-state index in [2.05, 4.69) is 4.72 Å². The van der Waals surface area contributed by atoms with Crippen LogP contribution in [0.3, 0.4) is 0 Å². The first-order valence-corrected chi connectivity index (χ1v) is 8.39. The molecule has 19 heavy (non-hydrogen) atoms. The van der Waals surface area contributed by atoms with Crippen LogP contribution in [0.25, 0.3) is 0 Å². The van der Waals surface area contributed by atoms with Gasteiger partial charge in [-0.25, -0.2) is 13.1 Å². The molecule has 0 unspecified atom stereocenters. The zero-order chi connectivity index (χ0) is 14.5. The highest BCUT2D eigenvalue weighted by atomic mass is 32.2. The van der Waals surface area contributed by atoms with Gasteiger partial charge in [-0.15, -0.1) is 0 Å². The number of carbonyl (C=O) groups excluding carboxylic acids is 1. The van der Waals surface area contributed by atoms with Crippen LogP contribution in [0.2, 0.25) is 0 Å². The monoisotopic (exact) mass is 292 g/mol. The first-order chi connectivity index (χ1) is 8.87. The fourth-order valence-corrected chi connectivity index (χ4v) is 3.39. The second-order valence-corrected chi connectivity index (χ2v) is 6.97. The SMILES string of the molecule is CCCS(=O)(=O)N[C@H](C(=O)N1CCOCC1)C(C)C. The van der Waals surface area contributed by atoms with Crippen LogP contribution in [0.4, 0.5) is 0 Å². The smallest absolute Gasteiger partial charge is 0.241 e. The van der Waals surface area contributed by atoms with Crippen LogP contribution in [-0.4, -0.2) is 57.3 Å². The van der Waals surface area contributed by atoms with Crippen molar-refractivity contribution in [2.75, 3.05) is 32.1 Å². The van der Waals surface area contributed by atoms with Crippen LogP contribution >= 0.6 is 0 Å². The minimum atomic E-state index is -3.39. The Labute approximate surface area is 115 Å². The first-order valence-electron chi connectivity index (χ1n) is 6.74. The third kappa shape index (κ3) is 5.08. The standard InChI is InChI=1S/C12H24N2O4S/c1-4-9-19(16,17)13-11(10(2)3)12(15)14-5-7-18-8-6-14/h10-11,13H,4-9H2,1-3H3/t11-/m0/s1. The molecule has 1 N–H and O–H groups in total. The quantitative estimate of drug-likeness (QED) is 0.759. The Kier molecular flexibility index (Phi) is 6.22. The average Bonchev–Trinajstić information content (AvgIpc) is 2.36. The van der Waals surface area contributed by atoms with E-state index >= 15 is 0 Å². The van der Waals surface area contributed by atoms with E-state index in [0.717, 1.165) is 0 Å². The zero-order valence-corrected chi connectivity index (χ0v) is 12.7. The van der Waals surface area contributed by atoms with Gasteiger partial charge in [0.05, 0.1) is 19.0 Å². The van der Waals surface area contributed by atoms with Crippen molar-refractivity contribution in [3.63, 3.8) is 0 Å². The maximum atomic E-state index is 12.4. The van der Waals surface area contributed by atoms with Gasteiger partial charge in [0.1, 0.15) is 6.04 Å². The first kappa shape index (κ1) is 16.4. The van der Waals surface area contributed by atoms with E-state index in [-0.39, 0.29) is 17.6 Å². The molecule has 0 aromatic heterocycles. The van der Waals surface area contributed by atoms with Crippen molar-refractivity contribution in [2.45, 2.75) is 33.2 Å². The molecule has 1 saturated heterocycles. The summed E-state index contributed by atoms with van der Waals surface area (Å²) in [5.74, 6) is -0.188. The van der Waals surface area contributed by atoms with E-state index in [4.69, 9.17) is 4.74 Å². The Morgan fingerprint density at radius 2 is 1.89 bits per heavy atom. The summed E-state index contributed by atoms with van der Waals surface area (Å²) in [6.45, 7) is 7.56. The van der Waals surface area contributed by atoms with Gasteiger partial charge in [0.25, 0.3) is 0 Å². The topological polar surface area (TPSA) is 75.7 Å². The number of morpholine rings is 1. The van der Waals surface area contributed by atoms with E-state index in [9.17, 15) is 13.2 Å². The maximum Gasteiger partial charge on any atom is 0.241 e. The molecule has 1 atom stereocenters. The highest BCUT2D eigenvalue weighted by Gasteiger charge is 2.31. The molecule has 7 heteroatoms. The number of hydrogen-bond acceptors (Lipinski definition) is 4. The number of nitrogens with one attached hydrogen (secondary N) is 1. The third-order valence-corrected chi connectivity index (χ3v) is 4.59. The van der Waals surface area contributed by atoms with Gasteiger partial charge < -0.3 is 9.64 Å². The number of rotatable bonds is 6. The molecular weight excluding hydrogens is 268 g/mol. The van der Waals surface area contributed by atoms with Gasteiger partial charge in [-0.2, -0.15) is 0 Å². The summed E-state index contributed by atoms with van der Waals surface area (Å²) in [4.78, 5) is 14.0. The lowest BCUT2D eigenvalue weighted by molar-refractivity contribution is -0.138. The van der Waals surface area contributed by atoms with Gasteiger partial charge in [0, 0.05) is 13.1 Å². The van der Waals surface area contributed by atoms with Gasteiger partial charge in [0.15, 0.2) is 0 Å². The van der Waals surface area contributed by atoms with E-state index in [0.29, 0.717) is 32.7 Å². The fraction of sp³-hybridized carbons (Fsp3) is 0.917. The predicted octanol–water partition coefficient (Wildman–Crippen LogP) is 0.199. The van der Waals surface area contributed by atoms with Crippen molar-refractivity contribution >= 4 is 15.9 Å². The Morgan fingerprint density at radius 1 is 1.32 bits per heavy atom. The van der Waals surface area contributed by atoms with Crippen molar-refractivity contribution < 1.29 is 17.9 Å².